The van der Waals surface area contributed by atoms with Gasteiger partial charge in [-0.1, -0.05) is 53.7 Å². The van der Waals surface area contributed by atoms with Crippen molar-refractivity contribution in [1.82, 2.24) is 14.9 Å². The summed E-state index contributed by atoms with van der Waals surface area (Å²) < 4.78 is 46.3. The fraction of sp³-hybridized carbons (Fsp3) is 0.0909. The Bertz CT molecular complexity index is 1310. The van der Waals surface area contributed by atoms with E-state index >= 15 is 0 Å². The Labute approximate surface area is 193 Å². The quantitative estimate of drug-likeness (QED) is 0.338. The smallest absolute Gasteiger partial charge is 0.277 e. The van der Waals surface area contributed by atoms with Crippen LogP contribution in [0.5, 0.6) is 0 Å². The highest BCUT2D eigenvalue weighted by Crippen LogP contribution is 2.26. The second-order valence-electron chi connectivity index (χ2n) is 6.73. The lowest BCUT2D eigenvalue weighted by Crippen LogP contribution is -2.23. The number of halogens is 2. The topological polar surface area (TPSA) is 85.1 Å². The third-order valence-corrected chi connectivity index (χ3v) is 7.18. The van der Waals surface area contributed by atoms with Gasteiger partial charge < -0.3 is 4.42 Å². The summed E-state index contributed by atoms with van der Waals surface area (Å²) in [5.74, 6) is 0.541. The molecule has 4 rings (SSSR count). The lowest BCUT2D eigenvalue weighted by atomic mass is 10.2. The minimum atomic E-state index is -3.72. The van der Waals surface area contributed by atoms with Crippen LogP contribution in [-0.4, -0.2) is 18.6 Å². The molecule has 0 aliphatic carbocycles. The van der Waals surface area contributed by atoms with Gasteiger partial charge in [-0.05, 0) is 53.6 Å². The molecule has 0 radical (unpaired) electrons. The summed E-state index contributed by atoms with van der Waals surface area (Å²) in [5, 5.41) is 8.87. The molecule has 0 aliphatic rings. The van der Waals surface area contributed by atoms with E-state index in [1.165, 1.54) is 36.0 Å². The highest BCUT2D eigenvalue weighted by atomic mass is 35.5. The summed E-state index contributed by atoms with van der Waals surface area (Å²) in [7, 11) is -3.72. The van der Waals surface area contributed by atoms with Gasteiger partial charge in [0, 0.05) is 22.9 Å². The summed E-state index contributed by atoms with van der Waals surface area (Å²) in [5.41, 5.74) is 2.21. The molecule has 32 heavy (non-hydrogen) atoms. The van der Waals surface area contributed by atoms with E-state index < -0.39 is 10.0 Å². The Kier molecular flexibility index (Phi) is 6.90. The molecular formula is C22H17ClFN3O3S2. The van der Waals surface area contributed by atoms with Gasteiger partial charge in [0.1, 0.15) is 5.82 Å². The Morgan fingerprint density at radius 1 is 0.969 bits per heavy atom. The molecule has 10 heteroatoms. The third kappa shape index (κ3) is 5.55. The molecule has 0 aliphatic heterocycles. The van der Waals surface area contributed by atoms with Crippen LogP contribution in [0.25, 0.3) is 11.5 Å². The average Bonchev–Trinajstić information content (AvgIpc) is 3.27. The maximum atomic E-state index is 13.0. The number of hydrogen-bond donors (Lipinski definition) is 1. The monoisotopic (exact) mass is 489 g/mol. The second-order valence-corrected chi connectivity index (χ2v) is 9.83. The second kappa shape index (κ2) is 9.83. The summed E-state index contributed by atoms with van der Waals surface area (Å²) in [4.78, 5) is 0.110. The van der Waals surface area contributed by atoms with Crippen LogP contribution in [-0.2, 0) is 22.3 Å². The van der Waals surface area contributed by atoms with Gasteiger partial charge >= 0.3 is 0 Å². The molecule has 0 bridgehead atoms. The molecule has 1 N–H and O–H groups in total. The van der Waals surface area contributed by atoms with Crippen LogP contribution in [0, 0.1) is 5.82 Å². The van der Waals surface area contributed by atoms with Crippen LogP contribution in [0.3, 0.4) is 0 Å². The van der Waals surface area contributed by atoms with E-state index in [1.54, 1.807) is 48.5 Å². The molecule has 4 aromatic rings. The van der Waals surface area contributed by atoms with Gasteiger partial charge in [-0.15, -0.1) is 10.2 Å². The van der Waals surface area contributed by atoms with Crippen molar-refractivity contribution in [1.29, 1.82) is 0 Å². The Hall–Kier alpha value is -2.72. The van der Waals surface area contributed by atoms with Crippen LogP contribution < -0.4 is 4.72 Å². The Balaban J connectivity index is 1.40. The molecule has 0 fully saturated rings. The number of benzene rings is 3. The van der Waals surface area contributed by atoms with E-state index in [9.17, 15) is 12.8 Å². The maximum absolute atomic E-state index is 13.0. The summed E-state index contributed by atoms with van der Waals surface area (Å²) >= 11 is 7.41. The lowest BCUT2D eigenvalue weighted by Gasteiger charge is -2.08. The van der Waals surface area contributed by atoms with Gasteiger partial charge in [0.05, 0.1) is 4.90 Å². The van der Waals surface area contributed by atoms with Crippen LogP contribution in [0.1, 0.15) is 11.1 Å². The molecule has 6 nitrogen and oxygen atoms in total. The normalized spacial score (nSPS) is 11.6. The maximum Gasteiger partial charge on any atom is 0.277 e. The zero-order valence-electron chi connectivity index (χ0n) is 16.5. The summed E-state index contributed by atoms with van der Waals surface area (Å²) in [6.45, 7) is 0.0854. The van der Waals surface area contributed by atoms with Crippen molar-refractivity contribution in [2.45, 2.75) is 22.4 Å². The summed E-state index contributed by atoms with van der Waals surface area (Å²) in [6, 6.07) is 19.4. The standard InChI is InChI=1S/C22H17ClFN3O3S2/c23-20-4-2-1-3-17(20)13-25-32(28,29)19-11-7-16(8-12-19)21-26-27-22(30-21)31-14-15-5-9-18(24)10-6-15/h1-12,25H,13-14H2. The molecule has 3 aromatic carbocycles. The first-order chi connectivity index (χ1) is 15.4. The lowest BCUT2D eigenvalue weighted by molar-refractivity contribution is 0.466. The van der Waals surface area contributed by atoms with Crippen molar-refractivity contribution >= 4 is 33.4 Å². The highest BCUT2D eigenvalue weighted by Gasteiger charge is 2.16. The SMILES string of the molecule is O=S(=O)(NCc1ccccc1Cl)c1ccc(-c2nnc(SCc3ccc(F)cc3)o2)cc1. The molecule has 0 saturated carbocycles. The van der Waals surface area contributed by atoms with Crippen molar-refractivity contribution in [2.75, 3.05) is 0 Å². The molecule has 0 unspecified atom stereocenters. The van der Waals surface area contributed by atoms with E-state index in [2.05, 4.69) is 14.9 Å². The van der Waals surface area contributed by atoms with Crippen molar-refractivity contribution in [3.05, 3.63) is 94.8 Å². The van der Waals surface area contributed by atoms with E-state index in [1.807, 2.05) is 0 Å². The van der Waals surface area contributed by atoms with Crippen LogP contribution >= 0.6 is 23.4 Å². The Morgan fingerprint density at radius 2 is 1.69 bits per heavy atom. The number of hydrogen-bond acceptors (Lipinski definition) is 6. The van der Waals surface area contributed by atoms with Gasteiger partial charge in [0.25, 0.3) is 5.22 Å². The van der Waals surface area contributed by atoms with Crippen LogP contribution in [0.2, 0.25) is 5.02 Å². The van der Waals surface area contributed by atoms with Crippen molar-refractivity contribution in [3.63, 3.8) is 0 Å². The van der Waals surface area contributed by atoms with Crippen molar-refractivity contribution in [2.24, 2.45) is 0 Å². The largest absolute Gasteiger partial charge is 0.411 e. The van der Waals surface area contributed by atoms with Gasteiger partial charge in [-0.3, -0.25) is 0 Å². The number of sulfonamides is 1. The molecular weight excluding hydrogens is 473 g/mol. The van der Waals surface area contributed by atoms with Crippen LogP contribution in [0.4, 0.5) is 4.39 Å². The molecule has 0 saturated heterocycles. The molecule has 1 aromatic heterocycles. The molecule has 164 valence electrons. The predicted octanol–water partition coefficient (Wildman–Crippen LogP) is 5.30. The van der Waals surface area contributed by atoms with Crippen LogP contribution in [0.15, 0.2) is 87.3 Å². The first-order valence-corrected chi connectivity index (χ1v) is 12.3. The van der Waals surface area contributed by atoms with Gasteiger partial charge in [0.15, 0.2) is 0 Å². The third-order valence-electron chi connectivity index (χ3n) is 4.50. The fourth-order valence-electron chi connectivity index (χ4n) is 2.78. The molecule has 0 atom stereocenters. The average molecular weight is 490 g/mol. The minimum absolute atomic E-state index is 0.0854. The van der Waals surface area contributed by atoms with E-state index in [0.29, 0.717) is 27.1 Å². The first-order valence-electron chi connectivity index (χ1n) is 9.45. The predicted molar refractivity (Wildman–Crippen MR) is 121 cm³/mol. The van der Waals surface area contributed by atoms with E-state index in [-0.39, 0.29) is 23.1 Å². The number of thioether (sulfide) groups is 1. The zero-order chi connectivity index (χ0) is 22.6. The van der Waals surface area contributed by atoms with E-state index in [4.69, 9.17) is 16.0 Å². The number of nitrogens with one attached hydrogen (secondary N) is 1. The Morgan fingerprint density at radius 3 is 2.41 bits per heavy atom. The molecule has 0 amide bonds. The van der Waals surface area contributed by atoms with Gasteiger partial charge in [-0.2, -0.15) is 0 Å². The van der Waals surface area contributed by atoms with E-state index in [0.717, 1.165) is 5.56 Å². The van der Waals surface area contributed by atoms with Crippen molar-refractivity contribution in [3.8, 4) is 11.5 Å². The van der Waals surface area contributed by atoms with Gasteiger partial charge in [-0.25, -0.2) is 17.5 Å². The number of rotatable bonds is 8. The fourth-order valence-corrected chi connectivity index (χ4v) is 4.71. The minimum Gasteiger partial charge on any atom is -0.411 e. The number of nitrogens with zero attached hydrogens (tertiary/aromatic N) is 2. The zero-order valence-corrected chi connectivity index (χ0v) is 18.9. The molecule has 0 spiro atoms. The van der Waals surface area contributed by atoms with Gasteiger partial charge in [0.2, 0.25) is 15.9 Å². The van der Waals surface area contributed by atoms with Crippen molar-refractivity contribution < 1.29 is 17.2 Å². The number of aromatic nitrogens is 2. The highest BCUT2D eigenvalue weighted by molar-refractivity contribution is 7.98. The first kappa shape index (κ1) is 22.5. The summed E-state index contributed by atoms with van der Waals surface area (Å²) in [6.07, 6.45) is 0. The molecule has 1 heterocycles.